The monoisotopic (exact) mass is 351 g/mol. The molecule has 2 aromatic rings. The summed E-state index contributed by atoms with van der Waals surface area (Å²) in [4.78, 5) is 25.2. The summed E-state index contributed by atoms with van der Waals surface area (Å²) in [7, 11) is 0. The predicted octanol–water partition coefficient (Wildman–Crippen LogP) is 2.38. The molecule has 0 aliphatic carbocycles. The first-order valence-corrected chi connectivity index (χ1v) is 9.05. The standard InChI is InChI=1S/C20H25N5O/c1-2-21-20-22-15-18(16-23-20)19(26)25-13-11-24(12-14-25)10-6-9-17-7-4-3-5-8-17/h3-9,15-16H,2,10-14H2,1H3,(H,21,22,23)/b9-6+. The van der Waals surface area contributed by atoms with Crippen LogP contribution in [0.3, 0.4) is 0 Å². The van der Waals surface area contributed by atoms with Gasteiger partial charge in [0.15, 0.2) is 0 Å². The minimum absolute atomic E-state index is 0.00697. The zero-order chi connectivity index (χ0) is 18.2. The number of benzene rings is 1. The molecule has 1 aromatic carbocycles. The molecule has 3 rings (SSSR count). The summed E-state index contributed by atoms with van der Waals surface area (Å²) >= 11 is 0. The first-order chi connectivity index (χ1) is 12.8. The number of carbonyl (C=O) groups is 1. The molecule has 1 saturated heterocycles. The summed E-state index contributed by atoms with van der Waals surface area (Å²) in [5.74, 6) is 0.562. The zero-order valence-corrected chi connectivity index (χ0v) is 15.1. The molecule has 1 aromatic heterocycles. The van der Waals surface area contributed by atoms with Gasteiger partial charge in [0.2, 0.25) is 5.95 Å². The van der Waals surface area contributed by atoms with Gasteiger partial charge in [0.25, 0.3) is 5.91 Å². The van der Waals surface area contributed by atoms with Crippen LogP contribution in [-0.4, -0.2) is 64.9 Å². The highest BCUT2D eigenvalue weighted by molar-refractivity contribution is 5.93. The highest BCUT2D eigenvalue weighted by Crippen LogP contribution is 2.09. The molecule has 1 fully saturated rings. The number of amides is 1. The van der Waals surface area contributed by atoms with E-state index in [0.29, 0.717) is 11.5 Å². The van der Waals surface area contributed by atoms with Crippen molar-refractivity contribution in [2.24, 2.45) is 0 Å². The van der Waals surface area contributed by atoms with E-state index in [1.807, 2.05) is 30.0 Å². The van der Waals surface area contributed by atoms with Crippen molar-refractivity contribution >= 4 is 17.9 Å². The van der Waals surface area contributed by atoms with Crippen LogP contribution >= 0.6 is 0 Å². The average molecular weight is 351 g/mol. The van der Waals surface area contributed by atoms with Crippen molar-refractivity contribution in [1.82, 2.24) is 19.8 Å². The average Bonchev–Trinajstić information content (AvgIpc) is 2.70. The van der Waals surface area contributed by atoms with Gasteiger partial charge in [-0.05, 0) is 12.5 Å². The SMILES string of the molecule is CCNc1ncc(C(=O)N2CCN(C/C=C/c3ccccc3)CC2)cn1. The van der Waals surface area contributed by atoms with Crippen molar-refractivity contribution in [3.05, 3.63) is 59.9 Å². The fraction of sp³-hybridized carbons (Fsp3) is 0.350. The number of aromatic nitrogens is 2. The van der Waals surface area contributed by atoms with Crippen molar-refractivity contribution < 1.29 is 4.79 Å². The van der Waals surface area contributed by atoms with Crippen LogP contribution in [0.1, 0.15) is 22.8 Å². The predicted molar refractivity (Wildman–Crippen MR) is 104 cm³/mol. The highest BCUT2D eigenvalue weighted by atomic mass is 16.2. The van der Waals surface area contributed by atoms with Crippen molar-refractivity contribution in [3.8, 4) is 0 Å². The molecule has 1 amide bonds. The fourth-order valence-electron chi connectivity index (χ4n) is 2.91. The van der Waals surface area contributed by atoms with Gasteiger partial charge in [-0.3, -0.25) is 9.69 Å². The molecule has 2 heterocycles. The second-order valence-corrected chi connectivity index (χ2v) is 6.23. The summed E-state index contributed by atoms with van der Waals surface area (Å²) in [5, 5.41) is 3.03. The largest absolute Gasteiger partial charge is 0.355 e. The maximum Gasteiger partial charge on any atom is 0.257 e. The van der Waals surface area contributed by atoms with Crippen LogP contribution in [0.5, 0.6) is 0 Å². The lowest BCUT2D eigenvalue weighted by atomic mass is 10.2. The van der Waals surface area contributed by atoms with E-state index in [4.69, 9.17) is 0 Å². The Morgan fingerprint density at radius 2 is 1.81 bits per heavy atom. The fourth-order valence-corrected chi connectivity index (χ4v) is 2.91. The minimum Gasteiger partial charge on any atom is -0.355 e. The molecule has 6 heteroatoms. The molecule has 0 radical (unpaired) electrons. The molecule has 1 aliphatic heterocycles. The van der Waals surface area contributed by atoms with E-state index in [9.17, 15) is 4.79 Å². The molecule has 0 saturated carbocycles. The van der Waals surface area contributed by atoms with E-state index >= 15 is 0 Å². The zero-order valence-electron chi connectivity index (χ0n) is 15.1. The Balaban J connectivity index is 1.47. The van der Waals surface area contributed by atoms with Crippen LogP contribution in [0.15, 0.2) is 48.8 Å². The lowest BCUT2D eigenvalue weighted by Gasteiger charge is -2.34. The Bertz CT molecular complexity index is 722. The van der Waals surface area contributed by atoms with Crippen molar-refractivity contribution in [2.75, 3.05) is 44.6 Å². The second-order valence-electron chi connectivity index (χ2n) is 6.23. The Hall–Kier alpha value is -2.73. The summed E-state index contributed by atoms with van der Waals surface area (Å²) in [6.45, 7) is 6.85. The Labute approximate surface area is 154 Å². The lowest BCUT2D eigenvalue weighted by molar-refractivity contribution is 0.0649. The summed E-state index contributed by atoms with van der Waals surface area (Å²) in [5.41, 5.74) is 1.76. The molecule has 1 N–H and O–H groups in total. The number of piperazine rings is 1. The molecule has 0 atom stereocenters. The third kappa shape index (κ3) is 4.89. The molecular weight excluding hydrogens is 326 g/mol. The third-order valence-electron chi connectivity index (χ3n) is 4.37. The van der Waals surface area contributed by atoms with Gasteiger partial charge < -0.3 is 10.2 Å². The first kappa shape index (κ1) is 18.1. The van der Waals surface area contributed by atoms with Crippen LogP contribution in [0.25, 0.3) is 6.08 Å². The van der Waals surface area contributed by atoms with Crippen LogP contribution in [0.4, 0.5) is 5.95 Å². The molecule has 6 nitrogen and oxygen atoms in total. The maximum atomic E-state index is 12.6. The van der Waals surface area contributed by atoms with Gasteiger partial charge >= 0.3 is 0 Å². The number of anilines is 1. The highest BCUT2D eigenvalue weighted by Gasteiger charge is 2.22. The van der Waals surface area contributed by atoms with Gasteiger partial charge in [0.1, 0.15) is 0 Å². The molecule has 0 spiro atoms. The molecule has 0 bridgehead atoms. The number of nitrogens with zero attached hydrogens (tertiary/aromatic N) is 4. The number of rotatable bonds is 6. The second kappa shape index (κ2) is 9.10. The van der Waals surface area contributed by atoms with E-state index < -0.39 is 0 Å². The van der Waals surface area contributed by atoms with Gasteiger partial charge in [0, 0.05) is 51.7 Å². The number of hydrogen-bond donors (Lipinski definition) is 1. The quantitative estimate of drug-likeness (QED) is 0.866. The van der Waals surface area contributed by atoms with Crippen molar-refractivity contribution in [2.45, 2.75) is 6.92 Å². The normalized spacial score (nSPS) is 15.3. The van der Waals surface area contributed by atoms with Gasteiger partial charge in [-0.1, -0.05) is 42.5 Å². The van der Waals surface area contributed by atoms with Gasteiger partial charge in [-0.2, -0.15) is 0 Å². The Morgan fingerprint density at radius 3 is 2.46 bits per heavy atom. The third-order valence-corrected chi connectivity index (χ3v) is 4.37. The molecular formula is C20H25N5O. The van der Waals surface area contributed by atoms with Gasteiger partial charge in [-0.15, -0.1) is 0 Å². The van der Waals surface area contributed by atoms with E-state index in [1.54, 1.807) is 12.4 Å². The van der Waals surface area contributed by atoms with Crippen LogP contribution in [0.2, 0.25) is 0 Å². The summed E-state index contributed by atoms with van der Waals surface area (Å²) in [6, 6.07) is 10.3. The maximum absolute atomic E-state index is 12.6. The first-order valence-electron chi connectivity index (χ1n) is 9.05. The van der Waals surface area contributed by atoms with E-state index in [0.717, 1.165) is 39.3 Å². The van der Waals surface area contributed by atoms with Crippen LogP contribution < -0.4 is 5.32 Å². The van der Waals surface area contributed by atoms with E-state index in [1.165, 1.54) is 5.56 Å². The number of carbonyl (C=O) groups excluding carboxylic acids is 1. The Morgan fingerprint density at radius 1 is 1.12 bits per heavy atom. The number of nitrogens with one attached hydrogen (secondary N) is 1. The molecule has 0 unspecified atom stereocenters. The molecule has 1 aliphatic rings. The molecule has 136 valence electrons. The van der Waals surface area contributed by atoms with E-state index in [-0.39, 0.29) is 5.91 Å². The minimum atomic E-state index is 0.00697. The van der Waals surface area contributed by atoms with Crippen LogP contribution in [-0.2, 0) is 0 Å². The van der Waals surface area contributed by atoms with Crippen molar-refractivity contribution in [3.63, 3.8) is 0 Å². The van der Waals surface area contributed by atoms with E-state index in [2.05, 4.69) is 44.5 Å². The van der Waals surface area contributed by atoms with Gasteiger partial charge in [-0.25, -0.2) is 9.97 Å². The topological polar surface area (TPSA) is 61.4 Å². The van der Waals surface area contributed by atoms with Crippen LogP contribution in [0, 0.1) is 0 Å². The lowest BCUT2D eigenvalue weighted by Crippen LogP contribution is -2.48. The number of hydrogen-bond acceptors (Lipinski definition) is 5. The smallest absolute Gasteiger partial charge is 0.257 e. The Kier molecular flexibility index (Phi) is 6.33. The summed E-state index contributed by atoms with van der Waals surface area (Å²) in [6.07, 6.45) is 7.52. The van der Waals surface area contributed by atoms with Crippen molar-refractivity contribution in [1.29, 1.82) is 0 Å². The summed E-state index contributed by atoms with van der Waals surface area (Å²) < 4.78 is 0. The van der Waals surface area contributed by atoms with Gasteiger partial charge in [0.05, 0.1) is 5.56 Å². The molecule has 26 heavy (non-hydrogen) atoms.